The van der Waals surface area contributed by atoms with Gasteiger partial charge in [0.1, 0.15) is 0 Å². The number of aromatic hydroxyl groups is 3. The topological polar surface area (TPSA) is 101 Å². The van der Waals surface area contributed by atoms with E-state index in [0.717, 1.165) is 12.1 Å². The molecule has 1 fully saturated rings. The zero-order valence-electron chi connectivity index (χ0n) is 11.4. The van der Waals surface area contributed by atoms with Crippen LogP contribution in [-0.4, -0.2) is 67.9 Å². The number of carbonyl (C=O) groups excluding carboxylic acids is 2. The Morgan fingerprint density at radius 2 is 1.41 bits per heavy atom. The molecule has 9 heteroatoms. The summed E-state index contributed by atoms with van der Waals surface area (Å²) in [6.45, 7) is 1.12. The minimum Gasteiger partial charge on any atom is -0.504 e. The maximum atomic E-state index is 12.3. The molecule has 0 aromatic heterocycles. The number of nitrogens with zero attached hydrogens (tertiary/aromatic N) is 2. The monoisotopic (exact) mass is 348 g/mol. The number of hydrogen-bond acceptors (Lipinski definition) is 5. The van der Waals surface area contributed by atoms with Gasteiger partial charge in [0.2, 0.25) is 0 Å². The molecule has 0 spiro atoms. The molecular formula is C13H14Cl2N2O5. The van der Waals surface area contributed by atoms with Crippen molar-refractivity contribution in [2.45, 2.75) is 4.84 Å². The predicted octanol–water partition coefficient (Wildman–Crippen LogP) is 0.891. The standard InChI is InChI=1S/C13H14Cl2N2O5/c14-11(15)13(22)17-3-1-16(2-4-17)12(21)7-5-8(18)10(20)9(19)6-7/h5-6,11,18-20H,1-4H2. The second-order valence-electron chi connectivity index (χ2n) is 4.78. The first-order chi connectivity index (χ1) is 10.3. The Morgan fingerprint density at radius 1 is 0.955 bits per heavy atom. The molecule has 1 aromatic rings. The van der Waals surface area contributed by atoms with Crippen molar-refractivity contribution >= 4 is 35.0 Å². The number of phenols is 3. The van der Waals surface area contributed by atoms with Crippen molar-refractivity contribution in [1.29, 1.82) is 0 Å². The lowest BCUT2D eigenvalue weighted by atomic mass is 10.1. The van der Waals surface area contributed by atoms with E-state index in [1.807, 2.05) is 0 Å². The van der Waals surface area contributed by atoms with Crippen molar-refractivity contribution in [1.82, 2.24) is 9.80 Å². The summed E-state index contributed by atoms with van der Waals surface area (Å²) in [5.74, 6) is -2.67. The molecule has 0 saturated carbocycles. The number of piperazine rings is 1. The number of halogens is 2. The average Bonchev–Trinajstić information content (AvgIpc) is 2.50. The average molecular weight is 349 g/mol. The van der Waals surface area contributed by atoms with E-state index >= 15 is 0 Å². The molecule has 7 nitrogen and oxygen atoms in total. The van der Waals surface area contributed by atoms with Gasteiger partial charge in [-0.05, 0) is 12.1 Å². The largest absolute Gasteiger partial charge is 0.504 e. The van der Waals surface area contributed by atoms with Gasteiger partial charge in [-0.15, -0.1) is 0 Å². The quantitative estimate of drug-likeness (QED) is 0.544. The van der Waals surface area contributed by atoms with Crippen LogP contribution in [0.4, 0.5) is 0 Å². The summed E-state index contributed by atoms with van der Waals surface area (Å²) in [6.07, 6.45) is 0. The van der Waals surface area contributed by atoms with Crippen molar-refractivity contribution in [3.63, 3.8) is 0 Å². The maximum Gasteiger partial charge on any atom is 0.255 e. The molecule has 0 unspecified atom stereocenters. The summed E-state index contributed by atoms with van der Waals surface area (Å²) in [7, 11) is 0. The van der Waals surface area contributed by atoms with Crippen LogP contribution in [0.5, 0.6) is 17.2 Å². The predicted molar refractivity (Wildman–Crippen MR) is 79.4 cm³/mol. The van der Waals surface area contributed by atoms with Gasteiger partial charge in [0.05, 0.1) is 0 Å². The number of carbonyl (C=O) groups is 2. The molecule has 0 atom stereocenters. The molecule has 1 aliphatic heterocycles. The normalized spacial score (nSPS) is 15.2. The molecule has 3 N–H and O–H groups in total. The van der Waals surface area contributed by atoms with Crippen molar-refractivity contribution in [2.75, 3.05) is 26.2 Å². The second kappa shape index (κ2) is 6.50. The maximum absolute atomic E-state index is 12.3. The van der Waals surface area contributed by atoms with Crippen LogP contribution in [0, 0.1) is 0 Å². The molecule has 1 heterocycles. The molecule has 1 saturated heterocycles. The Bertz CT molecular complexity index is 577. The minimum absolute atomic E-state index is 0.0418. The Balaban J connectivity index is 2.05. The van der Waals surface area contributed by atoms with Gasteiger partial charge in [0.15, 0.2) is 22.1 Å². The first-order valence-corrected chi connectivity index (χ1v) is 7.29. The number of alkyl halides is 2. The summed E-state index contributed by atoms with van der Waals surface area (Å²) in [4.78, 5) is 25.7. The molecule has 2 rings (SSSR count). The lowest BCUT2D eigenvalue weighted by Gasteiger charge is -2.35. The summed E-state index contributed by atoms with van der Waals surface area (Å²) in [5.41, 5.74) is 0.0418. The van der Waals surface area contributed by atoms with Crippen LogP contribution in [0.2, 0.25) is 0 Å². The molecule has 1 aliphatic rings. The summed E-state index contributed by atoms with van der Waals surface area (Å²) in [5, 5.41) is 28.2. The minimum atomic E-state index is -1.13. The fourth-order valence-corrected chi connectivity index (χ4v) is 2.45. The van der Waals surface area contributed by atoms with Crippen LogP contribution < -0.4 is 0 Å². The van der Waals surface area contributed by atoms with E-state index in [-0.39, 0.29) is 31.7 Å². The number of phenolic OH excluding ortho intramolecular Hbond substituents is 3. The molecule has 1 aromatic carbocycles. The Hall–Kier alpha value is -1.86. The highest BCUT2D eigenvalue weighted by atomic mass is 35.5. The van der Waals surface area contributed by atoms with Crippen molar-refractivity contribution < 1.29 is 24.9 Å². The van der Waals surface area contributed by atoms with E-state index in [2.05, 4.69) is 0 Å². The van der Waals surface area contributed by atoms with Gasteiger partial charge in [-0.25, -0.2) is 0 Å². The molecule has 120 valence electrons. The summed E-state index contributed by atoms with van der Waals surface area (Å²) >= 11 is 11.0. The highest BCUT2D eigenvalue weighted by Crippen LogP contribution is 2.35. The van der Waals surface area contributed by atoms with Crippen molar-refractivity contribution in [3.05, 3.63) is 17.7 Å². The molecule has 22 heavy (non-hydrogen) atoms. The molecular weight excluding hydrogens is 335 g/mol. The fourth-order valence-electron chi connectivity index (χ4n) is 2.18. The highest BCUT2D eigenvalue weighted by Gasteiger charge is 2.28. The lowest BCUT2D eigenvalue weighted by molar-refractivity contribution is -0.130. The number of hydrogen-bond donors (Lipinski definition) is 3. The van der Waals surface area contributed by atoms with E-state index in [0.29, 0.717) is 0 Å². The smallest absolute Gasteiger partial charge is 0.255 e. The number of rotatable bonds is 2. The summed E-state index contributed by atoms with van der Waals surface area (Å²) < 4.78 is 0. The van der Waals surface area contributed by atoms with Gasteiger partial charge >= 0.3 is 0 Å². The van der Waals surface area contributed by atoms with Crippen molar-refractivity contribution in [3.8, 4) is 17.2 Å². The zero-order valence-corrected chi connectivity index (χ0v) is 12.9. The first-order valence-electron chi connectivity index (χ1n) is 6.42. The van der Waals surface area contributed by atoms with E-state index in [4.69, 9.17) is 23.2 Å². The van der Waals surface area contributed by atoms with Crippen LogP contribution in [0.25, 0.3) is 0 Å². The van der Waals surface area contributed by atoms with Crippen LogP contribution >= 0.6 is 23.2 Å². The van der Waals surface area contributed by atoms with Gasteiger partial charge in [-0.3, -0.25) is 9.59 Å². The van der Waals surface area contributed by atoms with E-state index < -0.39 is 33.9 Å². The fraction of sp³-hybridized carbons (Fsp3) is 0.385. The molecule has 2 amide bonds. The van der Waals surface area contributed by atoms with Crippen LogP contribution in [0.15, 0.2) is 12.1 Å². The Labute approximate surface area is 136 Å². The van der Waals surface area contributed by atoms with E-state index in [1.165, 1.54) is 9.80 Å². The zero-order chi connectivity index (χ0) is 16.4. The third-order valence-corrected chi connectivity index (χ3v) is 3.76. The van der Waals surface area contributed by atoms with Gasteiger partial charge < -0.3 is 25.1 Å². The Kier molecular flexibility index (Phi) is 4.87. The van der Waals surface area contributed by atoms with Gasteiger partial charge in [-0.1, -0.05) is 23.2 Å². The lowest BCUT2D eigenvalue weighted by Crippen LogP contribution is -2.51. The third-order valence-electron chi connectivity index (χ3n) is 3.38. The van der Waals surface area contributed by atoms with Gasteiger partial charge in [-0.2, -0.15) is 0 Å². The molecule has 0 radical (unpaired) electrons. The molecule has 0 bridgehead atoms. The SMILES string of the molecule is O=C(c1cc(O)c(O)c(O)c1)N1CCN(C(=O)C(Cl)Cl)CC1. The van der Waals surface area contributed by atoms with Crippen LogP contribution in [-0.2, 0) is 4.79 Å². The third kappa shape index (κ3) is 3.31. The van der Waals surface area contributed by atoms with E-state index in [1.54, 1.807) is 0 Å². The number of amides is 2. The first kappa shape index (κ1) is 16.5. The van der Waals surface area contributed by atoms with Crippen molar-refractivity contribution in [2.24, 2.45) is 0 Å². The molecule has 0 aliphatic carbocycles. The summed E-state index contributed by atoms with van der Waals surface area (Å²) in [6, 6.07) is 2.14. The van der Waals surface area contributed by atoms with Gasteiger partial charge in [0.25, 0.3) is 11.8 Å². The Morgan fingerprint density at radius 3 is 1.86 bits per heavy atom. The number of benzene rings is 1. The highest BCUT2D eigenvalue weighted by molar-refractivity contribution is 6.53. The second-order valence-corrected chi connectivity index (χ2v) is 5.88. The van der Waals surface area contributed by atoms with E-state index in [9.17, 15) is 24.9 Å². The van der Waals surface area contributed by atoms with Crippen LogP contribution in [0.3, 0.4) is 0 Å². The van der Waals surface area contributed by atoms with Crippen LogP contribution in [0.1, 0.15) is 10.4 Å². The van der Waals surface area contributed by atoms with Gasteiger partial charge in [0, 0.05) is 31.7 Å².